The minimum Gasteiger partial charge on any atom is -0.493 e. The Kier molecular flexibility index (Phi) is 6.70. The molecular weight excluding hydrogens is 364 g/mol. The monoisotopic (exact) mass is 392 g/mol. The van der Waals surface area contributed by atoms with Crippen molar-refractivity contribution in [1.29, 1.82) is 0 Å². The zero-order valence-corrected chi connectivity index (χ0v) is 17.3. The summed E-state index contributed by atoms with van der Waals surface area (Å²) in [6.45, 7) is 4.67. The summed E-state index contributed by atoms with van der Waals surface area (Å²) in [5, 5.41) is 8.90. The topological polar surface area (TPSA) is 64.4 Å². The van der Waals surface area contributed by atoms with Gasteiger partial charge in [-0.1, -0.05) is 43.3 Å². The van der Waals surface area contributed by atoms with Crippen molar-refractivity contribution in [2.24, 2.45) is 7.05 Å². The molecule has 0 radical (unpaired) electrons. The quantitative estimate of drug-likeness (QED) is 0.578. The minimum atomic E-state index is -0.770. The number of ether oxygens (including phenoxy) is 1. The number of aryl methyl sites for hydroxylation is 3. The van der Waals surface area contributed by atoms with Crippen LogP contribution in [0.15, 0.2) is 48.5 Å². The molecule has 0 aliphatic heterocycles. The second-order valence-corrected chi connectivity index (χ2v) is 7.17. The third kappa shape index (κ3) is 5.05. The Hall–Kier alpha value is -3.08. The van der Waals surface area contributed by atoms with Gasteiger partial charge >= 0.3 is 5.97 Å². The number of carboxylic acids is 1. The number of aromatic nitrogens is 2. The Bertz CT molecular complexity index is 977. The van der Waals surface area contributed by atoms with Gasteiger partial charge in [0.05, 0.1) is 12.3 Å². The van der Waals surface area contributed by atoms with E-state index in [1.807, 2.05) is 50.4 Å². The first kappa shape index (κ1) is 20.6. The maximum atomic E-state index is 10.8. The summed E-state index contributed by atoms with van der Waals surface area (Å²) in [6, 6.07) is 16.1. The Balaban J connectivity index is 1.66. The van der Waals surface area contributed by atoms with Crippen molar-refractivity contribution < 1.29 is 14.6 Å². The first-order valence-corrected chi connectivity index (χ1v) is 10.0. The summed E-state index contributed by atoms with van der Waals surface area (Å²) in [6.07, 6.45) is 2.32. The highest BCUT2D eigenvalue weighted by atomic mass is 16.5. The number of nitrogens with zero attached hydrogens (tertiary/aromatic N) is 2. The standard InChI is InChI=1S/C24H28N2O3/c1-4-18-16-21(12-10-19(18)11-13-23(27)28)29-15-14-22-17(2)25-24(26(22)3)20-8-6-5-7-9-20/h5-10,12,16H,4,11,13-15H2,1-3H3,(H,27,28). The molecule has 0 atom stereocenters. The molecule has 0 bridgehead atoms. The average Bonchev–Trinajstić information content (AvgIpc) is 3.01. The lowest BCUT2D eigenvalue weighted by Gasteiger charge is -2.12. The van der Waals surface area contributed by atoms with Crippen molar-refractivity contribution in [3.05, 3.63) is 71.0 Å². The number of hydrogen-bond donors (Lipinski definition) is 1. The molecule has 2 aromatic carbocycles. The van der Waals surface area contributed by atoms with Crippen LogP contribution in [0.4, 0.5) is 0 Å². The second kappa shape index (κ2) is 9.41. The van der Waals surface area contributed by atoms with Gasteiger partial charge in [0, 0.05) is 31.1 Å². The van der Waals surface area contributed by atoms with E-state index in [9.17, 15) is 4.79 Å². The zero-order valence-electron chi connectivity index (χ0n) is 17.3. The van der Waals surface area contributed by atoms with E-state index in [2.05, 4.69) is 23.6 Å². The Morgan fingerprint density at radius 1 is 1.10 bits per heavy atom. The van der Waals surface area contributed by atoms with Crippen LogP contribution in [0.1, 0.15) is 35.9 Å². The van der Waals surface area contributed by atoms with Crippen LogP contribution in [-0.2, 0) is 31.1 Å². The summed E-state index contributed by atoms with van der Waals surface area (Å²) in [4.78, 5) is 15.6. The van der Waals surface area contributed by atoms with E-state index in [0.29, 0.717) is 13.0 Å². The molecule has 0 amide bonds. The number of hydrogen-bond acceptors (Lipinski definition) is 3. The summed E-state index contributed by atoms with van der Waals surface area (Å²) in [5.41, 5.74) is 5.52. The van der Waals surface area contributed by atoms with E-state index in [0.717, 1.165) is 52.5 Å². The summed E-state index contributed by atoms with van der Waals surface area (Å²) in [7, 11) is 2.05. The first-order valence-electron chi connectivity index (χ1n) is 10.0. The summed E-state index contributed by atoms with van der Waals surface area (Å²) in [5.74, 6) is 1.02. The van der Waals surface area contributed by atoms with Crippen LogP contribution in [0.3, 0.4) is 0 Å². The largest absolute Gasteiger partial charge is 0.493 e. The lowest BCUT2D eigenvalue weighted by molar-refractivity contribution is -0.136. The number of carbonyl (C=O) groups is 1. The molecule has 1 N–H and O–H groups in total. The molecule has 0 saturated heterocycles. The maximum absolute atomic E-state index is 10.8. The molecule has 1 aromatic heterocycles. The van der Waals surface area contributed by atoms with Crippen LogP contribution in [-0.4, -0.2) is 27.2 Å². The molecule has 5 heteroatoms. The molecule has 0 saturated carbocycles. The molecule has 0 aliphatic rings. The second-order valence-electron chi connectivity index (χ2n) is 7.17. The zero-order chi connectivity index (χ0) is 20.8. The predicted octanol–water partition coefficient (Wildman–Crippen LogP) is 4.60. The van der Waals surface area contributed by atoms with Crippen LogP contribution in [0, 0.1) is 6.92 Å². The van der Waals surface area contributed by atoms with Gasteiger partial charge in [0.2, 0.25) is 0 Å². The summed E-state index contributed by atoms with van der Waals surface area (Å²) >= 11 is 0. The van der Waals surface area contributed by atoms with Crippen molar-refractivity contribution in [2.75, 3.05) is 6.61 Å². The van der Waals surface area contributed by atoms with Crippen LogP contribution < -0.4 is 4.74 Å². The fraction of sp³-hybridized carbons (Fsp3) is 0.333. The van der Waals surface area contributed by atoms with Crippen molar-refractivity contribution in [3.8, 4) is 17.1 Å². The highest BCUT2D eigenvalue weighted by Gasteiger charge is 2.13. The van der Waals surface area contributed by atoms with Gasteiger partial charge in [0.15, 0.2) is 0 Å². The lowest BCUT2D eigenvalue weighted by Crippen LogP contribution is -2.07. The number of aliphatic carboxylic acids is 1. The number of carboxylic acid groups (broad SMARTS) is 1. The van der Waals surface area contributed by atoms with Crippen molar-refractivity contribution in [1.82, 2.24) is 9.55 Å². The van der Waals surface area contributed by atoms with Crippen LogP contribution in [0.25, 0.3) is 11.4 Å². The fourth-order valence-electron chi connectivity index (χ4n) is 3.64. The smallest absolute Gasteiger partial charge is 0.303 e. The highest BCUT2D eigenvalue weighted by molar-refractivity contribution is 5.67. The number of rotatable bonds is 9. The highest BCUT2D eigenvalue weighted by Crippen LogP contribution is 2.23. The molecule has 29 heavy (non-hydrogen) atoms. The van der Waals surface area contributed by atoms with Gasteiger partial charge in [-0.3, -0.25) is 4.79 Å². The van der Waals surface area contributed by atoms with E-state index in [1.54, 1.807) is 0 Å². The van der Waals surface area contributed by atoms with Crippen molar-refractivity contribution >= 4 is 5.97 Å². The Morgan fingerprint density at radius 2 is 1.86 bits per heavy atom. The molecule has 0 aliphatic carbocycles. The first-order chi connectivity index (χ1) is 14.0. The predicted molar refractivity (Wildman–Crippen MR) is 114 cm³/mol. The van der Waals surface area contributed by atoms with Gasteiger partial charge in [-0.05, 0) is 43.0 Å². The third-order valence-corrected chi connectivity index (χ3v) is 5.22. The summed E-state index contributed by atoms with van der Waals surface area (Å²) < 4.78 is 8.14. The van der Waals surface area contributed by atoms with Crippen LogP contribution in [0.2, 0.25) is 0 Å². The van der Waals surface area contributed by atoms with Gasteiger partial charge in [0.1, 0.15) is 11.6 Å². The molecule has 3 aromatic rings. The molecule has 152 valence electrons. The number of imidazole rings is 1. The Morgan fingerprint density at radius 3 is 2.55 bits per heavy atom. The van der Waals surface area contributed by atoms with E-state index in [4.69, 9.17) is 14.8 Å². The van der Waals surface area contributed by atoms with Gasteiger partial charge in [-0.25, -0.2) is 4.98 Å². The molecular formula is C24H28N2O3. The van der Waals surface area contributed by atoms with Crippen LogP contribution >= 0.6 is 0 Å². The SMILES string of the molecule is CCc1cc(OCCc2c(C)nc(-c3ccccc3)n2C)ccc1CCC(=O)O. The van der Waals surface area contributed by atoms with Gasteiger partial charge in [-0.2, -0.15) is 0 Å². The molecule has 0 unspecified atom stereocenters. The van der Waals surface area contributed by atoms with E-state index in [1.165, 1.54) is 0 Å². The number of benzene rings is 2. The average molecular weight is 392 g/mol. The molecule has 0 spiro atoms. The third-order valence-electron chi connectivity index (χ3n) is 5.22. The molecule has 0 fully saturated rings. The lowest BCUT2D eigenvalue weighted by atomic mass is 10.0. The normalized spacial score (nSPS) is 10.9. The van der Waals surface area contributed by atoms with Crippen molar-refractivity contribution in [2.45, 2.75) is 39.5 Å². The molecule has 3 rings (SSSR count). The molecule has 1 heterocycles. The van der Waals surface area contributed by atoms with E-state index < -0.39 is 5.97 Å². The maximum Gasteiger partial charge on any atom is 0.303 e. The van der Waals surface area contributed by atoms with Gasteiger partial charge in [0.25, 0.3) is 0 Å². The van der Waals surface area contributed by atoms with Crippen molar-refractivity contribution in [3.63, 3.8) is 0 Å². The van der Waals surface area contributed by atoms with E-state index >= 15 is 0 Å². The fourth-order valence-corrected chi connectivity index (χ4v) is 3.64. The van der Waals surface area contributed by atoms with Crippen LogP contribution in [0.5, 0.6) is 5.75 Å². The van der Waals surface area contributed by atoms with E-state index in [-0.39, 0.29) is 6.42 Å². The van der Waals surface area contributed by atoms with Gasteiger partial charge < -0.3 is 14.4 Å². The van der Waals surface area contributed by atoms with Gasteiger partial charge in [-0.15, -0.1) is 0 Å². The molecule has 5 nitrogen and oxygen atoms in total. The Labute approximate surface area is 172 Å². The minimum absolute atomic E-state index is 0.150.